The number of piperazine rings is 1. The second-order valence-electron chi connectivity index (χ2n) is 6.94. The highest BCUT2D eigenvalue weighted by Crippen LogP contribution is 2.15. The van der Waals surface area contributed by atoms with Gasteiger partial charge in [-0.1, -0.05) is 31.5 Å². The number of para-hydroxylation sites is 1. The lowest BCUT2D eigenvalue weighted by Gasteiger charge is -2.36. The first-order valence-corrected chi connectivity index (χ1v) is 9.12. The van der Waals surface area contributed by atoms with Crippen molar-refractivity contribution in [3.63, 3.8) is 0 Å². The van der Waals surface area contributed by atoms with Gasteiger partial charge in [0.2, 0.25) is 5.91 Å². The molecule has 2 rings (SSSR count). The van der Waals surface area contributed by atoms with Crippen molar-refractivity contribution in [2.24, 2.45) is 5.73 Å². The van der Waals surface area contributed by atoms with Crippen LogP contribution in [0.15, 0.2) is 30.3 Å². The molecular formula is C19H33ClN4O. The number of nitrogens with zero attached hydrogens (tertiary/aromatic N) is 2. The predicted molar refractivity (Wildman–Crippen MR) is 107 cm³/mol. The van der Waals surface area contributed by atoms with Crippen LogP contribution in [0, 0.1) is 0 Å². The largest absolute Gasteiger partial charge is 0.369 e. The number of anilines is 1. The average molecular weight is 369 g/mol. The molecule has 25 heavy (non-hydrogen) atoms. The molecule has 0 saturated carbocycles. The summed E-state index contributed by atoms with van der Waals surface area (Å²) in [5.41, 5.74) is 6.61. The van der Waals surface area contributed by atoms with Gasteiger partial charge in [0, 0.05) is 38.4 Å². The van der Waals surface area contributed by atoms with Crippen LogP contribution in [0.2, 0.25) is 0 Å². The van der Waals surface area contributed by atoms with E-state index >= 15 is 0 Å². The SMILES string of the molecule is CCCC(C)(N)C(=O)NCCCN1CCN(c2ccccc2)CC1.Cl. The molecule has 1 saturated heterocycles. The number of amides is 1. The molecule has 3 N–H and O–H groups in total. The summed E-state index contributed by atoms with van der Waals surface area (Å²) in [5, 5.41) is 2.98. The number of carbonyl (C=O) groups is 1. The summed E-state index contributed by atoms with van der Waals surface area (Å²) < 4.78 is 0. The number of rotatable bonds is 8. The maximum absolute atomic E-state index is 12.0. The predicted octanol–water partition coefficient (Wildman–Crippen LogP) is 2.25. The van der Waals surface area contributed by atoms with Crippen molar-refractivity contribution in [1.29, 1.82) is 0 Å². The van der Waals surface area contributed by atoms with Crippen LogP contribution in [0.4, 0.5) is 5.69 Å². The minimum absolute atomic E-state index is 0. The highest BCUT2D eigenvalue weighted by atomic mass is 35.5. The van der Waals surface area contributed by atoms with E-state index in [0.717, 1.165) is 52.0 Å². The van der Waals surface area contributed by atoms with Crippen LogP contribution in [0.3, 0.4) is 0 Å². The van der Waals surface area contributed by atoms with Crippen LogP contribution in [-0.4, -0.2) is 55.6 Å². The zero-order valence-corrected chi connectivity index (χ0v) is 16.4. The maximum Gasteiger partial charge on any atom is 0.239 e. The highest BCUT2D eigenvalue weighted by Gasteiger charge is 2.26. The minimum atomic E-state index is -0.740. The summed E-state index contributed by atoms with van der Waals surface area (Å²) in [6.07, 6.45) is 2.62. The second-order valence-corrected chi connectivity index (χ2v) is 6.94. The van der Waals surface area contributed by atoms with Crippen molar-refractivity contribution >= 4 is 24.0 Å². The number of benzene rings is 1. The van der Waals surface area contributed by atoms with E-state index in [1.807, 2.05) is 13.8 Å². The molecule has 0 spiro atoms. The molecule has 1 aromatic rings. The number of halogens is 1. The Labute approximate surface area is 158 Å². The van der Waals surface area contributed by atoms with Gasteiger partial charge in [-0.15, -0.1) is 12.4 Å². The number of nitrogens with one attached hydrogen (secondary N) is 1. The molecular weight excluding hydrogens is 336 g/mol. The molecule has 0 radical (unpaired) electrons. The molecule has 1 heterocycles. The Balaban J connectivity index is 0.00000312. The van der Waals surface area contributed by atoms with Crippen LogP contribution in [0.5, 0.6) is 0 Å². The van der Waals surface area contributed by atoms with Gasteiger partial charge in [0.1, 0.15) is 0 Å². The number of nitrogens with two attached hydrogens (primary N) is 1. The Morgan fingerprint density at radius 3 is 2.44 bits per heavy atom. The Morgan fingerprint density at radius 2 is 1.84 bits per heavy atom. The van der Waals surface area contributed by atoms with Crippen LogP contribution < -0.4 is 16.0 Å². The Kier molecular flexibility index (Phi) is 9.25. The fourth-order valence-corrected chi connectivity index (χ4v) is 3.21. The molecule has 1 aliphatic heterocycles. The zero-order valence-electron chi connectivity index (χ0n) is 15.5. The van der Waals surface area contributed by atoms with Gasteiger partial charge < -0.3 is 16.0 Å². The molecule has 1 aromatic carbocycles. The van der Waals surface area contributed by atoms with E-state index in [1.54, 1.807) is 0 Å². The van der Waals surface area contributed by atoms with Crippen molar-refractivity contribution in [1.82, 2.24) is 10.2 Å². The number of hydrogen-bond donors (Lipinski definition) is 2. The molecule has 142 valence electrons. The molecule has 1 aliphatic rings. The summed E-state index contributed by atoms with van der Waals surface area (Å²) >= 11 is 0. The fraction of sp³-hybridized carbons (Fsp3) is 0.632. The standard InChI is InChI=1S/C19H32N4O.ClH/c1-3-10-19(2,20)18(24)21-11-7-12-22-13-15-23(16-14-22)17-8-5-4-6-9-17;/h4-6,8-9H,3,7,10-16,20H2,1-2H3,(H,21,24);1H. The van der Waals surface area contributed by atoms with E-state index in [0.29, 0.717) is 6.54 Å². The molecule has 1 amide bonds. The number of carbonyl (C=O) groups excluding carboxylic acids is 1. The summed E-state index contributed by atoms with van der Waals surface area (Å²) in [4.78, 5) is 17.0. The molecule has 0 aliphatic carbocycles. The van der Waals surface area contributed by atoms with E-state index in [2.05, 4.69) is 45.4 Å². The van der Waals surface area contributed by atoms with Gasteiger partial charge in [-0.05, 0) is 38.4 Å². The van der Waals surface area contributed by atoms with E-state index < -0.39 is 5.54 Å². The first kappa shape index (κ1) is 21.7. The van der Waals surface area contributed by atoms with Crippen molar-refractivity contribution < 1.29 is 4.79 Å². The van der Waals surface area contributed by atoms with E-state index in [9.17, 15) is 4.79 Å². The highest BCUT2D eigenvalue weighted by molar-refractivity contribution is 5.85. The van der Waals surface area contributed by atoms with Crippen molar-refractivity contribution in [3.05, 3.63) is 30.3 Å². The summed E-state index contributed by atoms with van der Waals surface area (Å²) in [5.74, 6) is -0.0294. The topological polar surface area (TPSA) is 61.6 Å². The minimum Gasteiger partial charge on any atom is -0.369 e. The van der Waals surface area contributed by atoms with Crippen molar-refractivity contribution in [3.8, 4) is 0 Å². The molecule has 1 unspecified atom stereocenters. The van der Waals surface area contributed by atoms with Gasteiger partial charge in [-0.2, -0.15) is 0 Å². The van der Waals surface area contributed by atoms with E-state index in [-0.39, 0.29) is 18.3 Å². The van der Waals surface area contributed by atoms with Gasteiger partial charge in [0.05, 0.1) is 5.54 Å². The third-order valence-electron chi connectivity index (χ3n) is 4.72. The van der Waals surface area contributed by atoms with Gasteiger partial charge in [-0.25, -0.2) is 0 Å². The number of hydrogen-bond acceptors (Lipinski definition) is 4. The lowest BCUT2D eigenvalue weighted by atomic mass is 9.96. The van der Waals surface area contributed by atoms with Gasteiger partial charge >= 0.3 is 0 Å². The first-order valence-electron chi connectivity index (χ1n) is 9.12. The van der Waals surface area contributed by atoms with Crippen LogP contribution in [-0.2, 0) is 4.79 Å². The molecule has 5 nitrogen and oxygen atoms in total. The molecule has 1 atom stereocenters. The smallest absolute Gasteiger partial charge is 0.239 e. The Bertz CT molecular complexity index is 501. The van der Waals surface area contributed by atoms with Gasteiger partial charge in [0.15, 0.2) is 0 Å². The third kappa shape index (κ3) is 6.84. The summed E-state index contributed by atoms with van der Waals surface area (Å²) in [7, 11) is 0. The summed E-state index contributed by atoms with van der Waals surface area (Å²) in [6.45, 7) is 9.87. The Hall–Kier alpha value is -1.30. The second kappa shape index (κ2) is 10.6. The van der Waals surface area contributed by atoms with Crippen LogP contribution in [0.25, 0.3) is 0 Å². The maximum atomic E-state index is 12.0. The van der Waals surface area contributed by atoms with Crippen LogP contribution in [0.1, 0.15) is 33.1 Å². The molecule has 6 heteroatoms. The van der Waals surface area contributed by atoms with Crippen LogP contribution >= 0.6 is 12.4 Å². The molecule has 1 fully saturated rings. The quantitative estimate of drug-likeness (QED) is 0.691. The van der Waals surface area contributed by atoms with Crippen molar-refractivity contribution in [2.45, 2.75) is 38.6 Å². The van der Waals surface area contributed by atoms with E-state index in [4.69, 9.17) is 5.73 Å². The molecule has 0 bridgehead atoms. The normalized spacial score (nSPS) is 17.5. The zero-order chi connectivity index (χ0) is 17.4. The fourth-order valence-electron chi connectivity index (χ4n) is 3.21. The van der Waals surface area contributed by atoms with E-state index in [1.165, 1.54) is 5.69 Å². The lowest BCUT2D eigenvalue weighted by molar-refractivity contribution is -0.126. The van der Waals surface area contributed by atoms with Gasteiger partial charge in [-0.3, -0.25) is 9.69 Å². The monoisotopic (exact) mass is 368 g/mol. The molecule has 0 aromatic heterocycles. The summed E-state index contributed by atoms with van der Waals surface area (Å²) in [6, 6.07) is 10.6. The Morgan fingerprint density at radius 1 is 1.20 bits per heavy atom. The first-order chi connectivity index (χ1) is 11.5. The van der Waals surface area contributed by atoms with Crippen molar-refractivity contribution in [2.75, 3.05) is 44.2 Å². The lowest BCUT2D eigenvalue weighted by Crippen LogP contribution is -2.52. The third-order valence-corrected chi connectivity index (χ3v) is 4.72. The average Bonchev–Trinajstić information content (AvgIpc) is 2.60. The van der Waals surface area contributed by atoms with Gasteiger partial charge in [0.25, 0.3) is 0 Å².